The van der Waals surface area contributed by atoms with Crippen LogP contribution in [0.5, 0.6) is 0 Å². The first-order valence-electron chi connectivity index (χ1n) is 5.22. The van der Waals surface area contributed by atoms with Gasteiger partial charge in [-0.25, -0.2) is 4.39 Å². The maximum absolute atomic E-state index is 13.8. The van der Waals surface area contributed by atoms with Crippen LogP contribution in [0.1, 0.15) is 16.2 Å². The molecule has 2 heterocycles. The largest absolute Gasteiger partial charge is 0.416 e. The second kappa shape index (κ2) is 4.16. The van der Waals surface area contributed by atoms with E-state index in [2.05, 4.69) is 15.5 Å². The molecule has 8 heteroatoms. The monoisotopic (exact) mass is 279 g/mol. The van der Waals surface area contributed by atoms with Crippen molar-refractivity contribution in [3.63, 3.8) is 0 Å². The highest BCUT2D eigenvalue weighted by Gasteiger charge is 2.29. The van der Waals surface area contributed by atoms with Gasteiger partial charge >= 0.3 is 0 Å². The van der Waals surface area contributed by atoms with Crippen LogP contribution in [0.2, 0.25) is 0 Å². The molecule has 3 rings (SSSR count). The molecule has 19 heavy (non-hydrogen) atoms. The minimum absolute atomic E-state index is 0.0357. The highest BCUT2D eigenvalue weighted by Crippen LogP contribution is 2.34. The van der Waals surface area contributed by atoms with Gasteiger partial charge in [0.25, 0.3) is 16.9 Å². The van der Waals surface area contributed by atoms with E-state index >= 15 is 0 Å². The van der Waals surface area contributed by atoms with Gasteiger partial charge in [-0.15, -0.1) is 10.2 Å². The summed E-state index contributed by atoms with van der Waals surface area (Å²) in [6.45, 7) is 1.62. The van der Waals surface area contributed by atoms with Crippen LogP contribution < -0.4 is 5.32 Å². The summed E-state index contributed by atoms with van der Waals surface area (Å²) in [7, 11) is 0. The first-order valence-corrected chi connectivity index (χ1v) is 6.03. The van der Waals surface area contributed by atoms with E-state index in [9.17, 15) is 14.0 Å². The maximum Gasteiger partial charge on any atom is 0.296 e. The smallest absolute Gasteiger partial charge is 0.296 e. The molecule has 0 atom stereocenters. The van der Waals surface area contributed by atoms with Crippen molar-refractivity contribution in [3.8, 4) is 0 Å². The molecule has 0 spiro atoms. The Kier molecular flexibility index (Phi) is 2.59. The average molecular weight is 279 g/mol. The number of benzene rings is 1. The molecule has 0 aliphatic carbocycles. The number of carbonyl (C=O) groups excluding carboxylic acids is 2. The minimum Gasteiger partial charge on any atom is -0.416 e. The highest BCUT2D eigenvalue weighted by atomic mass is 32.2. The lowest BCUT2D eigenvalue weighted by Crippen LogP contribution is -2.12. The molecule has 96 valence electrons. The van der Waals surface area contributed by atoms with Crippen molar-refractivity contribution in [1.82, 2.24) is 10.2 Å². The van der Waals surface area contributed by atoms with Gasteiger partial charge in [0.05, 0.1) is 16.1 Å². The molecule has 0 fully saturated rings. The Morgan fingerprint density at radius 2 is 2.11 bits per heavy atom. The van der Waals surface area contributed by atoms with Crippen LogP contribution in [0, 0.1) is 12.7 Å². The van der Waals surface area contributed by atoms with Gasteiger partial charge in [0.15, 0.2) is 0 Å². The van der Waals surface area contributed by atoms with E-state index < -0.39 is 17.5 Å². The van der Waals surface area contributed by atoms with Crippen LogP contribution in [-0.2, 0) is 4.79 Å². The van der Waals surface area contributed by atoms with Gasteiger partial charge in [-0.3, -0.25) is 9.59 Å². The fourth-order valence-electron chi connectivity index (χ4n) is 1.64. The van der Waals surface area contributed by atoms with E-state index in [1.54, 1.807) is 6.92 Å². The normalized spacial score (nSPS) is 13.6. The molecule has 1 aromatic carbocycles. The third kappa shape index (κ3) is 1.99. The number of amides is 1. The Hall–Kier alpha value is -2.22. The van der Waals surface area contributed by atoms with Gasteiger partial charge in [-0.1, -0.05) is 0 Å². The zero-order valence-electron chi connectivity index (χ0n) is 9.56. The zero-order valence-corrected chi connectivity index (χ0v) is 10.4. The number of ketones is 1. The third-order valence-corrected chi connectivity index (χ3v) is 3.35. The predicted octanol–water partition coefficient (Wildman–Crippen LogP) is 1.80. The van der Waals surface area contributed by atoms with Crippen molar-refractivity contribution < 1.29 is 18.4 Å². The van der Waals surface area contributed by atoms with Crippen molar-refractivity contribution in [2.24, 2.45) is 0 Å². The number of Topliss-reactive ketones (excluding diaryl/α,β-unsaturated/α-hetero) is 1. The van der Waals surface area contributed by atoms with Gasteiger partial charge in [0.1, 0.15) is 5.82 Å². The number of nitrogens with one attached hydrogen (secondary N) is 1. The van der Waals surface area contributed by atoms with Gasteiger partial charge in [-0.2, -0.15) is 0 Å². The zero-order chi connectivity index (χ0) is 13.6. The fraction of sp³-hybridized carbons (Fsp3) is 0.0909. The summed E-state index contributed by atoms with van der Waals surface area (Å²) in [5.74, 6) is -1.75. The van der Waals surface area contributed by atoms with Gasteiger partial charge in [0, 0.05) is 6.92 Å². The Balaban J connectivity index is 1.98. The second-order valence-electron chi connectivity index (χ2n) is 3.80. The Labute approximate surface area is 110 Å². The van der Waals surface area contributed by atoms with Crippen LogP contribution in [-0.4, -0.2) is 21.9 Å². The topological polar surface area (TPSA) is 85.1 Å². The van der Waals surface area contributed by atoms with Crippen molar-refractivity contribution in [2.45, 2.75) is 17.0 Å². The van der Waals surface area contributed by atoms with Crippen LogP contribution in [0.15, 0.2) is 26.7 Å². The Morgan fingerprint density at radius 3 is 2.79 bits per heavy atom. The molecule has 0 saturated heterocycles. The molecule has 0 bridgehead atoms. The van der Waals surface area contributed by atoms with Crippen molar-refractivity contribution in [1.29, 1.82) is 0 Å². The first kappa shape index (κ1) is 11.8. The molecule has 1 N–H and O–H groups in total. The van der Waals surface area contributed by atoms with E-state index in [1.807, 2.05) is 0 Å². The molecule has 1 aromatic heterocycles. The number of fused-ring (bicyclic) bond motifs is 1. The van der Waals surface area contributed by atoms with Crippen LogP contribution in [0.25, 0.3) is 0 Å². The number of halogens is 1. The molecule has 1 amide bonds. The average Bonchev–Trinajstić information content (AvgIpc) is 2.87. The molecule has 1 aliphatic rings. The number of rotatable bonds is 2. The Morgan fingerprint density at radius 1 is 1.32 bits per heavy atom. The van der Waals surface area contributed by atoms with Gasteiger partial charge < -0.3 is 9.73 Å². The minimum atomic E-state index is -0.759. The SMILES string of the molecule is Cc1nnc(Sc2cc3c(cc2F)C(=O)C(=O)N3)o1. The Bertz CT molecular complexity index is 713. The number of carbonyl (C=O) groups is 2. The van der Waals surface area contributed by atoms with Gasteiger partial charge in [-0.05, 0) is 23.9 Å². The van der Waals surface area contributed by atoms with E-state index in [-0.39, 0.29) is 21.4 Å². The predicted molar refractivity (Wildman–Crippen MR) is 62.5 cm³/mol. The molecule has 0 saturated carbocycles. The molecule has 0 unspecified atom stereocenters. The second-order valence-corrected chi connectivity index (χ2v) is 4.79. The van der Waals surface area contributed by atoms with E-state index in [0.717, 1.165) is 17.8 Å². The van der Waals surface area contributed by atoms with Crippen molar-refractivity contribution in [2.75, 3.05) is 5.32 Å². The van der Waals surface area contributed by atoms with Gasteiger partial charge in [0.2, 0.25) is 5.89 Å². The summed E-state index contributed by atoms with van der Waals surface area (Å²) in [6.07, 6.45) is 0. The van der Waals surface area contributed by atoms with Crippen LogP contribution in [0.3, 0.4) is 0 Å². The lowest BCUT2D eigenvalue weighted by Gasteiger charge is -2.02. The quantitative estimate of drug-likeness (QED) is 0.844. The van der Waals surface area contributed by atoms with E-state index in [4.69, 9.17) is 4.42 Å². The summed E-state index contributed by atoms with van der Waals surface area (Å²) >= 11 is 0.926. The van der Waals surface area contributed by atoms with Crippen molar-refractivity contribution >= 4 is 29.1 Å². The number of aryl methyl sites for hydroxylation is 1. The molecule has 0 radical (unpaired) electrons. The summed E-state index contributed by atoms with van der Waals surface area (Å²) in [5, 5.41) is 9.91. The maximum atomic E-state index is 13.8. The standard InChI is InChI=1S/C11H6FN3O3S/c1-4-14-15-11(18-4)19-8-3-7-5(2-6(8)12)9(16)10(17)13-7/h2-3H,1H3,(H,13,16,17). The fourth-order valence-corrected chi connectivity index (χ4v) is 2.40. The molecule has 2 aromatic rings. The number of hydrogen-bond donors (Lipinski definition) is 1. The van der Waals surface area contributed by atoms with Crippen LogP contribution in [0.4, 0.5) is 10.1 Å². The number of aromatic nitrogens is 2. The summed E-state index contributed by atoms with van der Waals surface area (Å²) in [6, 6.07) is 2.40. The highest BCUT2D eigenvalue weighted by molar-refractivity contribution is 7.99. The van der Waals surface area contributed by atoms with Crippen molar-refractivity contribution in [3.05, 3.63) is 29.4 Å². The first-order chi connectivity index (χ1) is 9.04. The number of nitrogens with zero attached hydrogens (tertiary/aromatic N) is 2. The molecule has 1 aliphatic heterocycles. The number of hydrogen-bond acceptors (Lipinski definition) is 6. The lowest BCUT2D eigenvalue weighted by atomic mass is 10.1. The van der Waals surface area contributed by atoms with Crippen LogP contribution >= 0.6 is 11.8 Å². The van der Waals surface area contributed by atoms with E-state index in [0.29, 0.717) is 5.89 Å². The summed E-state index contributed by atoms with van der Waals surface area (Å²) in [5.41, 5.74) is 0.323. The third-order valence-electron chi connectivity index (χ3n) is 2.48. The molecular weight excluding hydrogens is 273 g/mol. The van der Waals surface area contributed by atoms with E-state index in [1.165, 1.54) is 6.07 Å². The molecular formula is C11H6FN3O3S. The number of anilines is 1. The lowest BCUT2D eigenvalue weighted by molar-refractivity contribution is -0.112. The molecule has 6 nitrogen and oxygen atoms in total. The summed E-state index contributed by atoms with van der Waals surface area (Å²) < 4.78 is 19.0. The summed E-state index contributed by atoms with van der Waals surface area (Å²) in [4.78, 5) is 22.8.